The van der Waals surface area contributed by atoms with Crippen LogP contribution in [-0.4, -0.2) is 61.0 Å². The predicted octanol–water partition coefficient (Wildman–Crippen LogP) is 0.532. The molecular weight excluding hydrogens is 384 g/mol. The van der Waals surface area contributed by atoms with Crippen molar-refractivity contribution >= 4 is 33.5 Å². The number of nitrogens with zero attached hydrogens (tertiary/aromatic N) is 1. The summed E-state index contributed by atoms with van der Waals surface area (Å²) in [6.45, 7) is 3.26. The van der Waals surface area contributed by atoms with E-state index in [1.807, 2.05) is 0 Å². The Morgan fingerprint density at radius 2 is 2.00 bits per heavy atom. The van der Waals surface area contributed by atoms with Crippen LogP contribution in [0.25, 0.3) is 0 Å². The Morgan fingerprint density at radius 1 is 1.38 bits per heavy atom. The summed E-state index contributed by atoms with van der Waals surface area (Å²) in [7, 11) is -4.04. The average Bonchev–Trinajstić information content (AvgIpc) is 2.98. The maximum Gasteiger partial charge on any atom is 0.325 e. The lowest BCUT2D eigenvalue weighted by atomic mass is 10.2. The molecule has 1 amide bonds. The molecule has 0 aromatic heterocycles. The van der Waals surface area contributed by atoms with Crippen LogP contribution in [0.3, 0.4) is 0 Å². The third kappa shape index (κ3) is 4.53. The standard InChI is InChI=1S/C16H21ClN2O6S/c1-3-18-15(21)10(2)25-16(22)14-8-12(20)9-19(14)26(23,24)13-6-4-11(17)5-7-13/h4-7,10,12,14,20H,3,8-9H2,1-2H3,(H,18,21)/t10-,12-,14+/m1/s1. The average molecular weight is 405 g/mol. The summed E-state index contributed by atoms with van der Waals surface area (Å²) in [6, 6.07) is 4.28. The molecule has 0 saturated carbocycles. The van der Waals surface area contributed by atoms with Gasteiger partial charge in [-0.1, -0.05) is 11.6 Å². The van der Waals surface area contributed by atoms with Gasteiger partial charge in [0.05, 0.1) is 11.0 Å². The minimum atomic E-state index is -4.04. The molecule has 3 atom stereocenters. The quantitative estimate of drug-likeness (QED) is 0.669. The van der Waals surface area contributed by atoms with Gasteiger partial charge in [-0.15, -0.1) is 0 Å². The molecule has 1 saturated heterocycles. The second kappa shape index (κ2) is 8.34. The number of esters is 1. The number of halogens is 1. The third-order valence-electron chi connectivity index (χ3n) is 3.94. The SMILES string of the molecule is CCNC(=O)[C@@H](C)OC(=O)[C@@H]1C[C@@H](O)CN1S(=O)(=O)c1ccc(Cl)cc1. The van der Waals surface area contributed by atoms with Gasteiger partial charge < -0.3 is 15.2 Å². The van der Waals surface area contributed by atoms with Gasteiger partial charge in [-0.3, -0.25) is 9.59 Å². The first-order valence-electron chi connectivity index (χ1n) is 8.10. The molecule has 1 aromatic rings. The maximum atomic E-state index is 12.8. The number of hydrogen-bond donors (Lipinski definition) is 2. The fraction of sp³-hybridized carbons (Fsp3) is 0.500. The normalized spacial score (nSPS) is 22.0. The molecule has 144 valence electrons. The number of sulfonamides is 1. The van der Waals surface area contributed by atoms with E-state index >= 15 is 0 Å². The minimum absolute atomic E-state index is 0.0504. The van der Waals surface area contributed by atoms with E-state index in [1.165, 1.54) is 31.2 Å². The Morgan fingerprint density at radius 3 is 2.58 bits per heavy atom. The van der Waals surface area contributed by atoms with E-state index in [9.17, 15) is 23.1 Å². The van der Waals surface area contributed by atoms with Crippen molar-refractivity contribution in [2.75, 3.05) is 13.1 Å². The molecule has 2 N–H and O–H groups in total. The van der Waals surface area contributed by atoms with Crippen LogP contribution in [0.1, 0.15) is 20.3 Å². The number of rotatable bonds is 6. The predicted molar refractivity (Wildman–Crippen MR) is 94.0 cm³/mol. The molecule has 1 heterocycles. The number of hydrogen-bond acceptors (Lipinski definition) is 6. The minimum Gasteiger partial charge on any atom is -0.451 e. The number of ether oxygens (including phenoxy) is 1. The summed E-state index contributed by atoms with van der Waals surface area (Å²) in [6.07, 6.45) is -2.18. The van der Waals surface area contributed by atoms with Crippen LogP contribution in [0, 0.1) is 0 Å². The molecule has 0 radical (unpaired) electrons. The Hall–Kier alpha value is -1.68. The highest BCUT2D eigenvalue weighted by Gasteiger charge is 2.45. The first-order valence-corrected chi connectivity index (χ1v) is 9.92. The summed E-state index contributed by atoms with van der Waals surface area (Å²) in [4.78, 5) is 24.1. The van der Waals surface area contributed by atoms with E-state index in [-0.39, 0.29) is 17.9 Å². The van der Waals surface area contributed by atoms with Gasteiger partial charge in [0, 0.05) is 24.5 Å². The molecule has 1 aliphatic rings. The fourth-order valence-corrected chi connectivity index (χ4v) is 4.38. The number of amides is 1. The smallest absolute Gasteiger partial charge is 0.325 e. The van der Waals surface area contributed by atoms with Crippen LogP contribution < -0.4 is 5.32 Å². The van der Waals surface area contributed by atoms with Gasteiger partial charge in [-0.2, -0.15) is 4.31 Å². The molecular formula is C16H21ClN2O6S. The number of carbonyl (C=O) groups excluding carboxylic acids is 2. The molecule has 0 bridgehead atoms. The van der Waals surface area contributed by atoms with Crippen molar-refractivity contribution in [3.8, 4) is 0 Å². The van der Waals surface area contributed by atoms with Crippen molar-refractivity contribution in [2.45, 2.75) is 43.4 Å². The molecule has 2 rings (SSSR count). The van der Waals surface area contributed by atoms with Crippen LogP contribution in [0.5, 0.6) is 0 Å². The lowest BCUT2D eigenvalue weighted by Crippen LogP contribution is -2.44. The number of β-amino-alcohol motifs (C(OH)–C–C–N with tert-alkyl or cyclic N) is 1. The van der Waals surface area contributed by atoms with Crippen molar-refractivity contribution < 1.29 is 27.9 Å². The van der Waals surface area contributed by atoms with Crippen molar-refractivity contribution in [3.05, 3.63) is 29.3 Å². The van der Waals surface area contributed by atoms with Crippen LogP contribution in [0.15, 0.2) is 29.2 Å². The van der Waals surface area contributed by atoms with Gasteiger partial charge in [0.2, 0.25) is 10.0 Å². The van der Waals surface area contributed by atoms with Crippen molar-refractivity contribution in [1.29, 1.82) is 0 Å². The van der Waals surface area contributed by atoms with E-state index in [1.54, 1.807) is 6.92 Å². The Bertz CT molecular complexity index is 767. The van der Waals surface area contributed by atoms with Gasteiger partial charge in [0.1, 0.15) is 6.04 Å². The summed E-state index contributed by atoms with van der Waals surface area (Å²) in [5, 5.41) is 12.8. The second-order valence-corrected chi connectivity index (χ2v) is 8.23. The summed E-state index contributed by atoms with van der Waals surface area (Å²) in [5.41, 5.74) is 0. The number of aliphatic hydroxyl groups is 1. The highest BCUT2D eigenvalue weighted by atomic mass is 35.5. The van der Waals surface area contributed by atoms with Gasteiger partial charge in [-0.25, -0.2) is 8.42 Å². The van der Waals surface area contributed by atoms with Crippen molar-refractivity contribution in [3.63, 3.8) is 0 Å². The Balaban J connectivity index is 2.20. The zero-order chi connectivity index (χ0) is 19.5. The third-order valence-corrected chi connectivity index (χ3v) is 6.08. The molecule has 1 aliphatic heterocycles. The molecule has 10 heteroatoms. The molecule has 26 heavy (non-hydrogen) atoms. The highest BCUT2D eigenvalue weighted by Crippen LogP contribution is 2.28. The number of aliphatic hydroxyl groups excluding tert-OH is 1. The first-order chi connectivity index (χ1) is 12.2. The maximum absolute atomic E-state index is 12.8. The Kier molecular flexibility index (Phi) is 6.62. The summed E-state index contributed by atoms with van der Waals surface area (Å²) >= 11 is 5.78. The lowest BCUT2D eigenvalue weighted by Gasteiger charge is -2.23. The zero-order valence-electron chi connectivity index (χ0n) is 14.4. The number of nitrogens with one attached hydrogen (secondary N) is 1. The van der Waals surface area contributed by atoms with Crippen LogP contribution in [0.2, 0.25) is 5.02 Å². The molecule has 1 aromatic carbocycles. The highest BCUT2D eigenvalue weighted by molar-refractivity contribution is 7.89. The van der Waals surface area contributed by atoms with Gasteiger partial charge in [0.15, 0.2) is 6.10 Å². The molecule has 0 aliphatic carbocycles. The van der Waals surface area contributed by atoms with E-state index in [2.05, 4.69) is 5.32 Å². The van der Waals surface area contributed by atoms with Crippen LogP contribution in [0.4, 0.5) is 0 Å². The van der Waals surface area contributed by atoms with Crippen LogP contribution >= 0.6 is 11.6 Å². The zero-order valence-corrected chi connectivity index (χ0v) is 16.0. The number of benzene rings is 1. The van der Waals surface area contributed by atoms with Crippen LogP contribution in [-0.2, 0) is 24.3 Å². The fourth-order valence-electron chi connectivity index (χ4n) is 2.63. The van der Waals surface area contributed by atoms with Crippen molar-refractivity contribution in [1.82, 2.24) is 9.62 Å². The van der Waals surface area contributed by atoms with Gasteiger partial charge >= 0.3 is 5.97 Å². The van der Waals surface area contributed by atoms with Gasteiger partial charge in [-0.05, 0) is 38.1 Å². The monoisotopic (exact) mass is 404 g/mol. The summed E-state index contributed by atoms with van der Waals surface area (Å²) < 4.78 is 31.6. The Labute approximate surface area is 157 Å². The molecule has 0 spiro atoms. The van der Waals surface area contributed by atoms with E-state index in [0.717, 1.165) is 4.31 Å². The summed E-state index contributed by atoms with van der Waals surface area (Å²) in [5.74, 6) is -1.36. The largest absolute Gasteiger partial charge is 0.451 e. The van der Waals surface area contributed by atoms with E-state index in [4.69, 9.17) is 16.3 Å². The topological polar surface area (TPSA) is 113 Å². The molecule has 8 nitrogen and oxygen atoms in total. The first kappa shape index (κ1) is 20.6. The molecule has 1 fully saturated rings. The van der Waals surface area contributed by atoms with Crippen molar-refractivity contribution in [2.24, 2.45) is 0 Å². The molecule has 0 unspecified atom stereocenters. The second-order valence-electron chi connectivity index (χ2n) is 5.91. The van der Waals surface area contributed by atoms with Gasteiger partial charge in [0.25, 0.3) is 5.91 Å². The lowest BCUT2D eigenvalue weighted by molar-refractivity contribution is -0.157. The number of carbonyl (C=O) groups is 2. The van der Waals surface area contributed by atoms with E-state index < -0.39 is 40.1 Å². The number of likely N-dealkylation sites (N-methyl/N-ethyl adjacent to an activating group) is 1. The van der Waals surface area contributed by atoms with E-state index in [0.29, 0.717) is 11.6 Å².